The molecule has 0 amide bonds. The zero-order valence-electron chi connectivity index (χ0n) is 10.3. The summed E-state index contributed by atoms with van der Waals surface area (Å²) in [6.45, 7) is 1.23. The number of sulfonamides is 1. The summed E-state index contributed by atoms with van der Waals surface area (Å²) < 4.78 is 28.0. The highest BCUT2D eigenvalue weighted by Gasteiger charge is 2.14. The van der Waals surface area contributed by atoms with Crippen LogP contribution in [0.2, 0.25) is 0 Å². The Bertz CT molecular complexity index is 604. The molecule has 0 radical (unpaired) electrons. The van der Waals surface area contributed by atoms with Crippen LogP contribution in [0.15, 0.2) is 29.6 Å². The number of aryl methyl sites for hydroxylation is 1. The Morgan fingerprint density at radius 2 is 2.32 bits per heavy atom. The van der Waals surface area contributed by atoms with Gasteiger partial charge in [-0.05, 0) is 12.5 Å². The van der Waals surface area contributed by atoms with Crippen LogP contribution < -0.4 is 10.5 Å². The highest BCUT2D eigenvalue weighted by atomic mass is 32.2. The van der Waals surface area contributed by atoms with E-state index in [2.05, 4.69) is 20.0 Å². The van der Waals surface area contributed by atoms with Gasteiger partial charge in [0.05, 0.1) is 11.1 Å². The van der Waals surface area contributed by atoms with Crippen LogP contribution in [0, 0.1) is 0 Å². The molecule has 0 bridgehead atoms. The second-order valence-corrected chi connectivity index (χ2v) is 5.75. The third-order valence-corrected chi connectivity index (χ3v) is 4.02. The molecular formula is C10H16N6O2S. The maximum absolute atomic E-state index is 11.9. The van der Waals surface area contributed by atoms with Crippen LogP contribution in [0.1, 0.15) is 12.1 Å². The van der Waals surface area contributed by atoms with Crippen molar-refractivity contribution in [1.29, 1.82) is 0 Å². The van der Waals surface area contributed by atoms with Crippen molar-refractivity contribution in [3.8, 4) is 0 Å². The van der Waals surface area contributed by atoms with Crippen LogP contribution in [0.3, 0.4) is 0 Å². The van der Waals surface area contributed by atoms with Crippen molar-refractivity contribution >= 4 is 10.0 Å². The van der Waals surface area contributed by atoms with Crippen LogP contribution in [0.25, 0.3) is 0 Å². The lowest BCUT2D eigenvalue weighted by Gasteiger charge is -2.04. The predicted octanol–water partition coefficient (Wildman–Crippen LogP) is -0.566. The van der Waals surface area contributed by atoms with E-state index in [1.165, 1.54) is 12.3 Å². The largest absolute Gasteiger partial charge is 0.363 e. The molecule has 0 saturated carbocycles. The van der Waals surface area contributed by atoms with Gasteiger partial charge in [0.1, 0.15) is 0 Å². The monoisotopic (exact) mass is 284 g/mol. The molecule has 8 nitrogen and oxygen atoms in total. The molecule has 0 aliphatic rings. The van der Waals surface area contributed by atoms with E-state index in [0.29, 0.717) is 25.2 Å². The molecule has 9 heteroatoms. The molecule has 0 fully saturated rings. The van der Waals surface area contributed by atoms with Crippen molar-refractivity contribution in [2.24, 2.45) is 5.73 Å². The lowest BCUT2D eigenvalue weighted by atomic mass is 10.4. The summed E-state index contributed by atoms with van der Waals surface area (Å²) in [4.78, 5) is 3.01. The minimum Gasteiger partial charge on any atom is -0.363 e. The zero-order chi connectivity index (χ0) is 13.7. The van der Waals surface area contributed by atoms with Crippen molar-refractivity contribution in [2.45, 2.75) is 24.4 Å². The van der Waals surface area contributed by atoms with Crippen molar-refractivity contribution in [2.75, 3.05) is 6.54 Å². The summed E-state index contributed by atoms with van der Waals surface area (Å²) in [7, 11) is -3.47. The molecule has 0 atom stereocenters. The molecule has 4 N–H and O–H groups in total. The lowest BCUT2D eigenvalue weighted by Crippen LogP contribution is -2.25. The van der Waals surface area contributed by atoms with Gasteiger partial charge in [0.2, 0.25) is 10.0 Å². The summed E-state index contributed by atoms with van der Waals surface area (Å²) in [5.74, 6) is 0. The van der Waals surface area contributed by atoms with Gasteiger partial charge in [-0.25, -0.2) is 13.1 Å². The number of rotatable bonds is 7. The second-order valence-electron chi connectivity index (χ2n) is 3.98. The third-order valence-electron chi connectivity index (χ3n) is 2.57. The summed E-state index contributed by atoms with van der Waals surface area (Å²) in [6.07, 6.45) is 5.38. The van der Waals surface area contributed by atoms with Gasteiger partial charge in [-0.3, -0.25) is 4.68 Å². The fourth-order valence-corrected chi connectivity index (χ4v) is 2.67. The molecule has 0 saturated heterocycles. The minimum atomic E-state index is -3.47. The maximum Gasteiger partial charge on any atom is 0.242 e. The SMILES string of the molecule is NCc1cc(S(=O)(=O)NCCCn2ccnn2)c[nH]1. The fraction of sp³-hybridized carbons (Fsp3) is 0.400. The van der Waals surface area contributed by atoms with E-state index in [9.17, 15) is 8.42 Å². The van der Waals surface area contributed by atoms with Crippen LogP contribution in [0.5, 0.6) is 0 Å². The number of aromatic amines is 1. The quantitative estimate of drug-likeness (QED) is 0.588. The van der Waals surface area contributed by atoms with E-state index in [4.69, 9.17) is 5.73 Å². The molecule has 2 aromatic heterocycles. The van der Waals surface area contributed by atoms with E-state index in [-0.39, 0.29) is 11.4 Å². The first-order valence-corrected chi connectivity index (χ1v) is 7.31. The molecule has 0 aliphatic carbocycles. The van der Waals surface area contributed by atoms with Gasteiger partial charge in [-0.2, -0.15) is 0 Å². The second kappa shape index (κ2) is 5.95. The molecule has 104 valence electrons. The highest BCUT2D eigenvalue weighted by Crippen LogP contribution is 2.09. The number of nitrogens with one attached hydrogen (secondary N) is 2. The minimum absolute atomic E-state index is 0.203. The van der Waals surface area contributed by atoms with Gasteiger partial charge in [0.15, 0.2) is 0 Å². The van der Waals surface area contributed by atoms with Crippen LogP contribution in [-0.4, -0.2) is 34.9 Å². The van der Waals surface area contributed by atoms with Crippen molar-refractivity contribution < 1.29 is 8.42 Å². The zero-order valence-corrected chi connectivity index (χ0v) is 11.1. The topological polar surface area (TPSA) is 119 Å². The van der Waals surface area contributed by atoms with E-state index in [1.807, 2.05) is 0 Å². The molecule has 2 aromatic rings. The maximum atomic E-state index is 11.9. The molecular weight excluding hydrogens is 268 g/mol. The molecule has 2 rings (SSSR count). The average Bonchev–Trinajstić information content (AvgIpc) is 3.05. The van der Waals surface area contributed by atoms with Gasteiger partial charge in [0.25, 0.3) is 0 Å². The number of H-pyrrole nitrogens is 1. The summed E-state index contributed by atoms with van der Waals surface area (Å²) in [6, 6.07) is 1.53. The predicted molar refractivity (Wildman–Crippen MR) is 68.5 cm³/mol. The fourth-order valence-electron chi connectivity index (χ4n) is 1.57. The van der Waals surface area contributed by atoms with Crippen LogP contribution in [0.4, 0.5) is 0 Å². The molecule has 0 aromatic carbocycles. The Labute approximate surface area is 111 Å². The standard InChI is InChI=1S/C10H16N6O2S/c11-7-9-6-10(8-12-9)19(17,18)14-2-1-4-16-5-3-13-15-16/h3,5-6,8,12,14H,1-2,4,7,11H2. The summed E-state index contributed by atoms with van der Waals surface area (Å²) in [5.41, 5.74) is 6.10. The number of hydrogen-bond acceptors (Lipinski definition) is 5. The van der Waals surface area contributed by atoms with Gasteiger partial charge < -0.3 is 10.7 Å². The number of nitrogens with two attached hydrogens (primary N) is 1. The first kappa shape index (κ1) is 13.7. The first-order valence-electron chi connectivity index (χ1n) is 5.83. The third kappa shape index (κ3) is 3.63. The van der Waals surface area contributed by atoms with E-state index in [0.717, 1.165) is 0 Å². The smallest absolute Gasteiger partial charge is 0.242 e. The Balaban J connectivity index is 1.84. The highest BCUT2D eigenvalue weighted by molar-refractivity contribution is 7.89. The van der Waals surface area contributed by atoms with Crippen LogP contribution >= 0.6 is 0 Å². The van der Waals surface area contributed by atoms with Gasteiger partial charge in [-0.1, -0.05) is 5.21 Å². The van der Waals surface area contributed by atoms with E-state index < -0.39 is 10.0 Å². The summed E-state index contributed by atoms with van der Waals surface area (Å²) >= 11 is 0. The van der Waals surface area contributed by atoms with Crippen molar-refractivity contribution in [3.63, 3.8) is 0 Å². The number of hydrogen-bond donors (Lipinski definition) is 3. The van der Waals surface area contributed by atoms with Crippen molar-refractivity contribution in [1.82, 2.24) is 24.7 Å². The van der Waals surface area contributed by atoms with E-state index >= 15 is 0 Å². The van der Waals surface area contributed by atoms with Gasteiger partial charge in [0, 0.05) is 37.7 Å². The number of aromatic nitrogens is 4. The Morgan fingerprint density at radius 1 is 1.47 bits per heavy atom. The van der Waals surface area contributed by atoms with E-state index in [1.54, 1.807) is 17.1 Å². The van der Waals surface area contributed by atoms with Gasteiger partial charge >= 0.3 is 0 Å². The first-order chi connectivity index (χ1) is 9.12. The van der Waals surface area contributed by atoms with Crippen molar-refractivity contribution in [3.05, 3.63) is 30.4 Å². The molecule has 0 unspecified atom stereocenters. The average molecular weight is 284 g/mol. The van der Waals surface area contributed by atoms with Gasteiger partial charge in [-0.15, -0.1) is 5.10 Å². The Morgan fingerprint density at radius 3 is 2.95 bits per heavy atom. The Hall–Kier alpha value is -1.71. The molecule has 0 aliphatic heterocycles. The summed E-state index contributed by atoms with van der Waals surface area (Å²) in [5, 5.41) is 7.46. The molecule has 0 spiro atoms. The normalized spacial score (nSPS) is 11.8. The van der Waals surface area contributed by atoms with Crippen LogP contribution in [-0.2, 0) is 23.1 Å². The molecule has 2 heterocycles. The number of nitrogens with zero attached hydrogens (tertiary/aromatic N) is 3. The lowest BCUT2D eigenvalue weighted by molar-refractivity contribution is 0.542. The molecule has 19 heavy (non-hydrogen) atoms. The Kier molecular flexibility index (Phi) is 4.30.